The highest BCUT2D eigenvalue weighted by molar-refractivity contribution is 6.00. The molecule has 0 bridgehead atoms. The molecule has 1 saturated carbocycles. The first-order valence-corrected chi connectivity index (χ1v) is 15.9. The van der Waals surface area contributed by atoms with E-state index in [0.717, 1.165) is 50.2 Å². The second-order valence-corrected chi connectivity index (χ2v) is 13.1. The number of carbonyl (C=O) groups excluding carboxylic acids is 2. The molecule has 0 aliphatic heterocycles. The van der Waals surface area contributed by atoms with Gasteiger partial charge in [0.25, 0.3) is 11.8 Å². The number of aliphatic hydroxyl groups is 1. The Morgan fingerprint density at radius 1 is 0.930 bits per heavy atom. The van der Waals surface area contributed by atoms with Crippen molar-refractivity contribution in [1.82, 2.24) is 15.1 Å². The minimum Gasteiger partial charge on any atom is -0.390 e. The summed E-state index contributed by atoms with van der Waals surface area (Å²) in [6, 6.07) is 7.86. The van der Waals surface area contributed by atoms with Gasteiger partial charge in [-0.25, -0.2) is 8.78 Å². The number of carbonyl (C=O) groups is 2. The molecule has 43 heavy (non-hydrogen) atoms. The quantitative estimate of drug-likeness (QED) is 0.270. The smallest absolute Gasteiger partial charge is 0.253 e. The van der Waals surface area contributed by atoms with E-state index in [1.807, 2.05) is 20.8 Å². The first-order valence-electron chi connectivity index (χ1n) is 15.9. The van der Waals surface area contributed by atoms with Gasteiger partial charge in [-0.15, -0.1) is 0 Å². The zero-order valence-corrected chi connectivity index (χ0v) is 26.9. The lowest BCUT2D eigenvalue weighted by atomic mass is 9.89. The summed E-state index contributed by atoms with van der Waals surface area (Å²) in [5.74, 6) is -1.99. The van der Waals surface area contributed by atoms with Crippen LogP contribution >= 0.6 is 0 Å². The summed E-state index contributed by atoms with van der Waals surface area (Å²) in [5, 5.41) is 14.6. The number of halogens is 2. The van der Waals surface area contributed by atoms with Crippen LogP contribution in [0, 0.1) is 18.6 Å². The lowest BCUT2D eigenvalue weighted by molar-refractivity contribution is 0.000496. The third kappa shape index (κ3) is 10.1. The molecule has 0 spiro atoms. The van der Waals surface area contributed by atoms with Crippen molar-refractivity contribution < 1.29 is 23.5 Å². The molecular formula is C35H51F2N3O3. The molecule has 2 atom stereocenters. The fourth-order valence-electron chi connectivity index (χ4n) is 6.28. The van der Waals surface area contributed by atoms with Crippen molar-refractivity contribution in [1.29, 1.82) is 0 Å². The largest absolute Gasteiger partial charge is 0.390 e. The maximum absolute atomic E-state index is 14.1. The molecule has 2 amide bonds. The topological polar surface area (TPSA) is 72.9 Å². The van der Waals surface area contributed by atoms with E-state index in [2.05, 4.69) is 31.0 Å². The summed E-state index contributed by atoms with van der Waals surface area (Å²) in [6.45, 7) is 13.8. The van der Waals surface area contributed by atoms with Gasteiger partial charge in [0.15, 0.2) is 0 Å². The van der Waals surface area contributed by atoms with Gasteiger partial charge in [-0.2, -0.15) is 0 Å². The van der Waals surface area contributed by atoms with E-state index in [4.69, 9.17) is 0 Å². The average molecular weight is 600 g/mol. The van der Waals surface area contributed by atoms with Crippen LogP contribution in [0.4, 0.5) is 8.78 Å². The fourth-order valence-corrected chi connectivity index (χ4v) is 6.28. The molecule has 2 N–H and O–H groups in total. The van der Waals surface area contributed by atoms with Crippen LogP contribution < -0.4 is 5.32 Å². The third-order valence-corrected chi connectivity index (χ3v) is 8.28. The molecule has 1 aliphatic rings. The first-order chi connectivity index (χ1) is 20.3. The summed E-state index contributed by atoms with van der Waals surface area (Å²) in [7, 11) is 0. The van der Waals surface area contributed by atoms with Gasteiger partial charge in [-0.3, -0.25) is 14.5 Å². The molecule has 0 heterocycles. The van der Waals surface area contributed by atoms with Crippen LogP contribution in [0.3, 0.4) is 0 Å². The second-order valence-electron chi connectivity index (χ2n) is 13.1. The van der Waals surface area contributed by atoms with Crippen molar-refractivity contribution in [2.24, 2.45) is 0 Å². The van der Waals surface area contributed by atoms with Crippen LogP contribution in [0.5, 0.6) is 0 Å². The van der Waals surface area contributed by atoms with Crippen LogP contribution in [0.15, 0.2) is 36.4 Å². The number of nitrogens with one attached hydrogen (secondary N) is 1. The minimum absolute atomic E-state index is 0.0443. The van der Waals surface area contributed by atoms with Crippen molar-refractivity contribution in [3.05, 3.63) is 70.3 Å². The Kier molecular flexibility index (Phi) is 12.7. The number of amides is 2. The lowest BCUT2D eigenvalue weighted by Crippen LogP contribution is -2.56. The van der Waals surface area contributed by atoms with E-state index < -0.39 is 29.7 Å². The van der Waals surface area contributed by atoms with Crippen molar-refractivity contribution in [2.45, 2.75) is 117 Å². The molecule has 1 aliphatic carbocycles. The average Bonchev–Trinajstić information content (AvgIpc) is 2.93. The van der Waals surface area contributed by atoms with Gasteiger partial charge in [0.05, 0.1) is 12.1 Å². The monoisotopic (exact) mass is 599 g/mol. The number of hydrogen-bond donors (Lipinski definition) is 2. The van der Waals surface area contributed by atoms with Gasteiger partial charge >= 0.3 is 0 Å². The molecule has 2 aromatic carbocycles. The standard InChI is InChI=1S/C35H51F2N3O3/c1-7-14-39(15-8-2)34(43)27-17-24(3)16-26(21-27)33(42)38-31(20-25-18-28(36)22-29(37)19-25)32(41)23-40(35(4,5)6)30-12-10-9-11-13-30/h16-19,21-22,30-32,41H,7-15,20,23H2,1-6H3,(H,38,42)/t31-,32+/m0/s1. The summed E-state index contributed by atoms with van der Waals surface area (Å²) in [4.78, 5) is 31.1. The molecule has 1 fully saturated rings. The van der Waals surface area contributed by atoms with E-state index >= 15 is 0 Å². The molecule has 0 saturated heterocycles. The summed E-state index contributed by atoms with van der Waals surface area (Å²) in [6.07, 6.45) is 6.27. The molecule has 0 unspecified atom stereocenters. The van der Waals surface area contributed by atoms with Crippen molar-refractivity contribution in [3.8, 4) is 0 Å². The predicted molar refractivity (Wildman–Crippen MR) is 168 cm³/mol. The third-order valence-electron chi connectivity index (χ3n) is 8.28. The number of rotatable bonds is 13. The zero-order chi connectivity index (χ0) is 31.7. The summed E-state index contributed by atoms with van der Waals surface area (Å²) >= 11 is 0. The Morgan fingerprint density at radius 3 is 2.07 bits per heavy atom. The molecule has 8 heteroatoms. The van der Waals surface area contributed by atoms with E-state index in [-0.39, 0.29) is 17.9 Å². The highest BCUT2D eigenvalue weighted by Gasteiger charge is 2.34. The van der Waals surface area contributed by atoms with Crippen LogP contribution in [-0.4, -0.2) is 70.1 Å². The normalized spacial score (nSPS) is 15.8. The van der Waals surface area contributed by atoms with Gasteiger partial charge in [-0.05, 0) is 101 Å². The molecule has 238 valence electrons. The van der Waals surface area contributed by atoms with E-state index in [9.17, 15) is 23.5 Å². The Hall–Kier alpha value is -2.84. The zero-order valence-electron chi connectivity index (χ0n) is 26.9. The van der Waals surface area contributed by atoms with Gasteiger partial charge in [-0.1, -0.05) is 33.1 Å². The van der Waals surface area contributed by atoms with Crippen LogP contribution in [0.2, 0.25) is 0 Å². The molecular weight excluding hydrogens is 548 g/mol. The van der Waals surface area contributed by atoms with Crippen LogP contribution in [0.25, 0.3) is 0 Å². The number of β-amino-alcohol motifs (C(OH)–C–C–N with tert-alkyl or cyclic N) is 1. The van der Waals surface area contributed by atoms with Gasteiger partial charge in [0.1, 0.15) is 11.6 Å². The van der Waals surface area contributed by atoms with E-state index in [1.165, 1.54) is 18.6 Å². The number of hydrogen-bond acceptors (Lipinski definition) is 4. The molecule has 3 rings (SSSR count). The maximum Gasteiger partial charge on any atom is 0.253 e. The summed E-state index contributed by atoms with van der Waals surface area (Å²) < 4.78 is 28.2. The minimum atomic E-state index is -1.01. The van der Waals surface area contributed by atoms with Crippen molar-refractivity contribution >= 4 is 11.8 Å². The lowest BCUT2D eigenvalue weighted by Gasteiger charge is -2.45. The van der Waals surface area contributed by atoms with Gasteiger partial charge in [0.2, 0.25) is 0 Å². The first kappa shape index (κ1) is 34.6. The second kappa shape index (κ2) is 15.8. The molecule has 6 nitrogen and oxygen atoms in total. The van der Waals surface area contributed by atoms with Gasteiger partial charge in [0, 0.05) is 48.4 Å². The number of nitrogens with zero attached hydrogens (tertiary/aromatic N) is 2. The number of aliphatic hydroxyl groups excluding tert-OH is 1. The number of benzene rings is 2. The Morgan fingerprint density at radius 2 is 1.51 bits per heavy atom. The van der Waals surface area contributed by atoms with Crippen LogP contribution in [0.1, 0.15) is 111 Å². The summed E-state index contributed by atoms with van der Waals surface area (Å²) in [5.41, 5.74) is 1.63. The molecule has 2 aromatic rings. The molecule has 0 radical (unpaired) electrons. The highest BCUT2D eigenvalue weighted by Crippen LogP contribution is 2.29. The Balaban J connectivity index is 1.91. The van der Waals surface area contributed by atoms with Crippen molar-refractivity contribution in [2.75, 3.05) is 19.6 Å². The Labute approximate surface area is 256 Å². The maximum atomic E-state index is 14.1. The SMILES string of the molecule is CCCN(CCC)C(=O)c1cc(C)cc(C(=O)N[C@@H](Cc2cc(F)cc(F)c2)[C@H](O)CN(C2CCCCC2)C(C)(C)C)c1. The Bertz CT molecular complexity index is 1200. The van der Waals surface area contributed by atoms with Crippen molar-refractivity contribution in [3.63, 3.8) is 0 Å². The van der Waals surface area contributed by atoms with E-state index in [0.29, 0.717) is 42.4 Å². The predicted octanol–water partition coefficient (Wildman–Crippen LogP) is 6.67. The van der Waals surface area contributed by atoms with Crippen LogP contribution in [-0.2, 0) is 6.42 Å². The van der Waals surface area contributed by atoms with Gasteiger partial charge < -0.3 is 15.3 Å². The fraction of sp³-hybridized carbons (Fsp3) is 0.600. The van der Waals surface area contributed by atoms with E-state index in [1.54, 1.807) is 23.1 Å². The highest BCUT2D eigenvalue weighted by atomic mass is 19.1. The number of aryl methyl sites for hydroxylation is 1. The molecule has 0 aromatic heterocycles.